The predicted molar refractivity (Wildman–Crippen MR) is 51.3 cm³/mol. The summed E-state index contributed by atoms with van der Waals surface area (Å²) in [6.45, 7) is 4.45. The molecule has 11 heavy (non-hydrogen) atoms. The molecule has 1 nitrogen and oxygen atoms in total. The molecular weight excluding hydrogens is 153 g/mol. The molecule has 1 rings (SSSR count). The number of aromatic amines is 1. The Labute approximate surface area is 70.3 Å². The highest BCUT2D eigenvalue weighted by Gasteiger charge is 1.96. The van der Waals surface area contributed by atoms with Crippen LogP contribution in [0.25, 0.3) is 0 Å². The third-order valence-electron chi connectivity index (χ3n) is 1.68. The zero-order chi connectivity index (χ0) is 8.10. The molecule has 0 fully saturated rings. The second-order valence-electron chi connectivity index (χ2n) is 2.84. The summed E-state index contributed by atoms with van der Waals surface area (Å²) in [5.74, 6) is 0. The van der Waals surface area contributed by atoms with E-state index in [1.807, 2.05) is 0 Å². The van der Waals surface area contributed by atoms with Crippen molar-refractivity contribution >= 4 is 8.19 Å². The molecule has 0 aliphatic rings. The Hall–Kier alpha value is -0.290. The molecule has 0 atom stereocenters. The highest BCUT2D eigenvalue weighted by atomic mass is 31.0. The van der Waals surface area contributed by atoms with Gasteiger partial charge in [0.2, 0.25) is 0 Å². The fraction of sp³-hybridized carbons (Fsp3) is 0.667. The van der Waals surface area contributed by atoms with Crippen LogP contribution in [0.3, 0.4) is 0 Å². The first-order valence-corrected chi connectivity index (χ1v) is 5.29. The summed E-state index contributed by atoms with van der Waals surface area (Å²) >= 11 is 0. The number of hydrogen-bond acceptors (Lipinski definition) is 0. The summed E-state index contributed by atoms with van der Waals surface area (Å²) < 4.78 is 0. The average Bonchev–Trinajstić information content (AvgIpc) is 2.38. The lowest BCUT2D eigenvalue weighted by molar-refractivity contribution is 0.906. The van der Waals surface area contributed by atoms with Gasteiger partial charge >= 0.3 is 0 Å². The van der Waals surface area contributed by atoms with E-state index >= 15 is 0 Å². The topological polar surface area (TPSA) is 15.8 Å². The minimum atomic E-state index is 1.23. The fourth-order valence-corrected chi connectivity index (χ4v) is 2.43. The molecule has 1 aromatic rings. The molecule has 0 amide bonds. The highest BCUT2D eigenvalue weighted by Crippen LogP contribution is 2.21. The van der Waals surface area contributed by atoms with Crippen molar-refractivity contribution in [1.82, 2.24) is 4.98 Å². The lowest BCUT2D eigenvalue weighted by atomic mass is 10.3. The van der Waals surface area contributed by atoms with Crippen molar-refractivity contribution < 1.29 is 0 Å². The summed E-state index contributed by atoms with van der Waals surface area (Å²) in [4.78, 5) is 3.33. The number of hydrogen-bond donors (Lipinski definition) is 1. The first-order valence-electron chi connectivity index (χ1n) is 4.40. The van der Waals surface area contributed by atoms with Crippen molar-refractivity contribution in [2.75, 3.05) is 0 Å². The maximum atomic E-state index is 3.33. The van der Waals surface area contributed by atoms with E-state index in [2.05, 4.69) is 25.0 Å². The van der Waals surface area contributed by atoms with Crippen LogP contribution < -0.4 is 0 Å². The third-order valence-corrected chi connectivity index (χ3v) is 2.94. The molecule has 1 heterocycles. The molecular formula is C9H16NP. The molecule has 0 saturated heterocycles. The summed E-state index contributed by atoms with van der Waals surface area (Å²) in [7, 11) is 1.45. The van der Waals surface area contributed by atoms with E-state index in [9.17, 15) is 0 Å². The molecule has 0 unspecified atom stereocenters. The molecule has 0 spiro atoms. The van der Waals surface area contributed by atoms with Gasteiger partial charge < -0.3 is 4.98 Å². The van der Waals surface area contributed by atoms with Crippen LogP contribution >= 0.6 is 8.19 Å². The highest BCUT2D eigenvalue weighted by molar-refractivity contribution is 7.31. The molecule has 0 aromatic carbocycles. The van der Waals surface area contributed by atoms with Gasteiger partial charge in [-0.2, -0.15) is 0 Å². The number of nitrogens with one attached hydrogen (secondary N) is 1. The molecule has 0 aliphatic carbocycles. The smallest absolute Gasteiger partial charge is 0.0427 e. The third kappa shape index (κ3) is 2.67. The standard InChI is InChI=1S/C9H16NP/c1-3-5-8-7-10-9(11-8)6-4-2/h7,10H,3-6H2,1-2H3. The number of aryl methyl sites for hydroxylation is 2. The van der Waals surface area contributed by atoms with Crippen molar-refractivity contribution in [1.29, 1.82) is 0 Å². The minimum Gasteiger partial charge on any atom is -0.361 e. The molecule has 2 heteroatoms. The van der Waals surface area contributed by atoms with E-state index in [-0.39, 0.29) is 0 Å². The van der Waals surface area contributed by atoms with Crippen LogP contribution in [0.1, 0.15) is 37.4 Å². The van der Waals surface area contributed by atoms with Gasteiger partial charge in [0, 0.05) is 11.6 Å². The van der Waals surface area contributed by atoms with Crippen LogP contribution in [0.5, 0.6) is 0 Å². The van der Waals surface area contributed by atoms with Gasteiger partial charge in [-0.15, -0.1) is 0 Å². The zero-order valence-electron chi connectivity index (χ0n) is 7.35. The second kappa shape index (κ2) is 4.56. The summed E-state index contributed by atoms with van der Waals surface area (Å²) in [6, 6.07) is 0. The van der Waals surface area contributed by atoms with E-state index in [0.717, 1.165) is 0 Å². The Morgan fingerprint density at radius 2 is 2.00 bits per heavy atom. The molecule has 1 N–H and O–H groups in total. The van der Waals surface area contributed by atoms with Crippen molar-refractivity contribution in [3.05, 3.63) is 16.9 Å². The van der Waals surface area contributed by atoms with Gasteiger partial charge in [0.05, 0.1) is 0 Å². The van der Waals surface area contributed by atoms with Gasteiger partial charge in [-0.1, -0.05) is 26.7 Å². The summed E-state index contributed by atoms with van der Waals surface area (Å²) in [5.41, 5.74) is 1.48. The molecule has 62 valence electrons. The van der Waals surface area contributed by atoms with Crippen LogP contribution in [-0.4, -0.2) is 4.98 Å². The maximum absolute atomic E-state index is 3.33. The van der Waals surface area contributed by atoms with Gasteiger partial charge in [-0.3, -0.25) is 0 Å². The SMILES string of the molecule is CCCc1c[nH]c(CCC)p1. The summed E-state index contributed by atoms with van der Waals surface area (Å²) in [5, 5.41) is 1.55. The van der Waals surface area contributed by atoms with Gasteiger partial charge in [0.25, 0.3) is 0 Å². The largest absolute Gasteiger partial charge is 0.361 e. The molecule has 0 radical (unpaired) electrons. The number of rotatable bonds is 4. The van der Waals surface area contributed by atoms with Crippen molar-refractivity contribution in [2.45, 2.75) is 39.5 Å². The zero-order valence-corrected chi connectivity index (χ0v) is 8.25. The lowest BCUT2D eigenvalue weighted by Crippen LogP contribution is -1.76. The maximum Gasteiger partial charge on any atom is 0.0427 e. The van der Waals surface area contributed by atoms with E-state index in [0.29, 0.717) is 0 Å². The van der Waals surface area contributed by atoms with Gasteiger partial charge in [-0.05, 0) is 26.3 Å². The van der Waals surface area contributed by atoms with Gasteiger partial charge in [0.1, 0.15) is 0 Å². The first kappa shape index (κ1) is 8.80. The molecule has 1 aromatic heterocycles. The van der Waals surface area contributed by atoms with E-state index in [4.69, 9.17) is 0 Å². The average molecular weight is 169 g/mol. The molecule has 0 saturated carbocycles. The normalized spacial score (nSPS) is 11.1. The van der Waals surface area contributed by atoms with E-state index < -0.39 is 0 Å². The molecule has 0 bridgehead atoms. The Balaban J connectivity index is 2.51. The van der Waals surface area contributed by atoms with Crippen molar-refractivity contribution in [3.8, 4) is 0 Å². The Morgan fingerprint density at radius 3 is 2.64 bits per heavy atom. The van der Waals surface area contributed by atoms with Crippen LogP contribution in [0.4, 0.5) is 0 Å². The predicted octanol–water partition coefficient (Wildman–Crippen LogP) is 3.50. The van der Waals surface area contributed by atoms with Gasteiger partial charge in [0.15, 0.2) is 0 Å². The van der Waals surface area contributed by atoms with Crippen LogP contribution in [-0.2, 0) is 12.8 Å². The van der Waals surface area contributed by atoms with Gasteiger partial charge in [-0.25, -0.2) is 0 Å². The Morgan fingerprint density at radius 1 is 1.27 bits per heavy atom. The summed E-state index contributed by atoms with van der Waals surface area (Å²) in [6.07, 6.45) is 7.17. The molecule has 0 aliphatic heterocycles. The van der Waals surface area contributed by atoms with Crippen molar-refractivity contribution in [2.24, 2.45) is 0 Å². The van der Waals surface area contributed by atoms with Crippen LogP contribution in [0.15, 0.2) is 6.20 Å². The van der Waals surface area contributed by atoms with Crippen LogP contribution in [0.2, 0.25) is 0 Å². The Kier molecular flexibility index (Phi) is 3.65. The minimum absolute atomic E-state index is 1.23. The van der Waals surface area contributed by atoms with Crippen LogP contribution in [0, 0.1) is 0 Å². The van der Waals surface area contributed by atoms with Crippen molar-refractivity contribution in [3.63, 3.8) is 0 Å². The first-order chi connectivity index (χ1) is 5.36. The van der Waals surface area contributed by atoms with E-state index in [1.165, 1.54) is 39.3 Å². The fourth-order valence-electron chi connectivity index (χ4n) is 1.15. The number of aromatic nitrogens is 1. The number of H-pyrrole nitrogens is 1. The van der Waals surface area contributed by atoms with E-state index in [1.54, 1.807) is 5.30 Å². The Bertz CT molecular complexity index is 185. The second-order valence-corrected chi connectivity index (χ2v) is 4.18. The quantitative estimate of drug-likeness (QED) is 0.710. The monoisotopic (exact) mass is 169 g/mol. The lowest BCUT2D eigenvalue weighted by Gasteiger charge is -1.89.